The Morgan fingerprint density at radius 2 is 1.73 bits per heavy atom. The van der Waals surface area contributed by atoms with Crippen molar-refractivity contribution in [3.05, 3.63) is 60.2 Å². The Labute approximate surface area is 155 Å². The molecule has 0 aliphatic heterocycles. The van der Waals surface area contributed by atoms with Gasteiger partial charge in [0.15, 0.2) is 0 Å². The molecule has 0 unspecified atom stereocenters. The van der Waals surface area contributed by atoms with Gasteiger partial charge < -0.3 is 10.1 Å². The number of carbonyl (C=O) groups excluding carboxylic acids is 1. The number of urea groups is 1. The molecule has 138 valence electrons. The molecule has 0 saturated carbocycles. The van der Waals surface area contributed by atoms with Crippen LogP contribution in [0.15, 0.2) is 59.7 Å². The number of hydrogen-bond donors (Lipinski definition) is 2. The van der Waals surface area contributed by atoms with Gasteiger partial charge in [-0.1, -0.05) is 62.9 Å². The lowest BCUT2D eigenvalue weighted by molar-refractivity contribution is 0.252. The van der Waals surface area contributed by atoms with Gasteiger partial charge in [0.2, 0.25) is 0 Å². The van der Waals surface area contributed by atoms with Gasteiger partial charge in [0, 0.05) is 11.3 Å². The second kappa shape index (κ2) is 11.7. The first-order valence-electron chi connectivity index (χ1n) is 9.16. The molecular formula is C21H27N3O2. The van der Waals surface area contributed by atoms with Crippen molar-refractivity contribution in [2.45, 2.75) is 39.0 Å². The number of para-hydroxylation sites is 2. The average molecular weight is 353 g/mol. The van der Waals surface area contributed by atoms with E-state index in [0.29, 0.717) is 12.3 Å². The zero-order valence-corrected chi connectivity index (χ0v) is 15.3. The lowest BCUT2D eigenvalue weighted by Gasteiger charge is -2.09. The Hall–Kier alpha value is -2.82. The van der Waals surface area contributed by atoms with Crippen LogP contribution in [-0.4, -0.2) is 18.9 Å². The number of anilines is 1. The van der Waals surface area contributed by atoms with Crippen molar-refractivity contribution in [2.24, 2.45) is 5.10 Å². The molecular weight excluding hydrogens is 326 g/mol. The molecule has 2 N–H and O–H groups in total. The number of carbonyl (C=O) groups is 1. The zero-order valence-electron chi connectivity index (χ0n) is 15.3. The topological polar surface area (TPSA) is 62.7 Å². The van der Waals surface area contributed by atoms with Crippen molar-refractivity contribution in [3.63, 3.8) is 0 Å². The van der Waals surface area contributed by atoms with Crippen molar-refractivity contribution in [1.82, 2.24) is 5.43 Å². The van der Waals surface area contributed by atoms with E-state index in [-0.39, 0.29) is 6.03 Å². The van der Waals surface area contributed by atoms with Crippen LogP contribution in [0.5, 0.6) is 5.75 Å². The maximum atomic E-state index is 11.8. The maximum absolute atomic E-state index is 11.8. The molecule has 5 heteroatoms. The molecule has 2 aromatic rings. The molecule has 0 aliphatic carbocycles. The van der Waals surface area contributed by atoms with E-state index in [9.17, 15) is 4.79 Å². The molecule has 0 radical (unpaired) electrons. The fourth-order valence-electron chi connectivity index (χ4n) is 2.45. The van der Waals surface area contributed by atoms with Crippen LogP contribution in [0.25, 0.3) is 0 Å². The maximum Gasteiger partial charge on any atom is 0.339 e. The van der Waals surface area contributed by atoms with E-state index in [1.165, 1.54) is 25.7 Å². The van der Waals surface area contributed by atoms with Crippen LogP contribution in [0.1, 0.15) is 44.6 Å². The first-order chi connectivity index (χ1) is 12.8. The van der Waals surface area contributed by atoms with Crippen LogP contribution in [0.3, 0.4) is 0 Å². The summed E-state index contributed by atoms with van der Waals surface area (Å²) < 4.78 is 5.85. The van der Waals surface area contributed by atoms with Gasteiger partial charge in [-0.05, 0) is 30.7 Å². The van der Waals surface area contributed by atoms with Crippen LogP contribution in [0.2, 0.25) is 0 Å². The molecule has 0 aliphatic rings. The second-order valence-corrected chi connectivity index (χ2v) is 5.99. The summed E-state index contributed by atoms with van der Waals surface area (Å²) in [7, 11) is 0. The van der Waals surface area contributed by atoms with E-state index >= 15 is 0 Å². The van der Waals surface area contributed by atoms with Crippen LogP contribution in [0.4, 0.5) is 10.5 Å². The number of benzene rings is 2. The normalized spacial score (nSPS) is 10.7. The highest BCUT2D eigenvalue weighted by molar-refractivity contribution is 5.90. The zero-order chi connectivity index (χ0) is 18.5. The lowest BCUT2D eigenvalue weighted by Crippen LogP contribution is -2.24. The van der Waals surface area contributed by atoms with Crippen molar-refractivity contribution in [1.29, 1.82) is 0 Å². The predicted octanol–water partition coefficient (Wildman–Crippen LogP) is 5.19. The highest BCUT2D eigenvalue weighted by Crippen LogP contribution is 2.16. The molecule has 2 rings (SSSR count). The van der Waals surface area contributed by atoms with E-state index < -0.39 is 0 Å². The third kappa shape index (κ3) is 7.38. The standard InChI is InChI=1S/C21H27N3O2/c1-2-3-4-5-11-16-26-20-15-10-9-12-18(20)17-22-24-21(25)23-19-13-7-6-8-14-19/h6-10,12-15,17H,2-5,11,16H2,1H3,(H2,23,24,25)/b22-17+. The third-order valence-electron chi connectivity index (χ3n) is 3.83. The quantitative estimate of drug-likeness (QED) is 0.351. The Bertz CT molecular complexity index is 687. The molecule has 0 saturated heterocycles. The number of hydrogen-bond acceptors (Lipinski definition) is 3. The number of ether oxygens (including phenoxy) is 1. The Morgan fingerprint density at radius 3 is 2.54 bits per heavy atom. The number of rotatable bonds is 10. The number of hydrazone groups is 1. The molecule has 0 atom stereocenters. The van der Waals surface area contributed by atoms with Crippen LogP contribution >= 0.6 is 0 Å². The summed E-state index contributed by atoms with van der Waals surface area (Å²) in [5, 5.41) is 6.71. The van der Waals surface area contributed by atoms with Gasteiger partial charge in [-0.2, -0.15) is 5.10 Å². The van der Waals surface area contributed by atoms with Crippen LogP contribution < -0.4 is 15.5 Å². The SMILES string of the molecule is CCCCCCCOc1ccccc1/C=N/NC(=O)Nc1ccccc1. The molecule has 26 heavy (non-hydrogen) atoms. The number of nitrogens with zero attached hydrogens (tertiary/aromatic N) is 1. The summed E-state index contributed by atoms with van der Waals surface area (Å²) >= 11 is 0. The fourth-order valence-corrected chi connectivity index (χ4v) is 2.45. The van der Waals surface area contributed by atoms with Crippen molar-refractivity contribution >= 4 is 17.9 Å². The molecule has 0 fully saturated rings. The van der Waals surface area contributed by atoms with E-state index in [4.69, 9.17) is 4.74 Å². The lowest BCUT2D eigenvalue weighted by atomic mass is 10.2. The summed E-state index contributed by atoms with van der Waals surface area (Å²) in [4.78, 5) is 11.8. The Balaban J connectivity index is 1.79. The minimum absolute atomic E-state index is 0.387. The molecule has 2 amide bonds. The summed E-state index contributed by atoms with van der Waals surface area (Å²) in [5.74, 6) is 0.775. The average Bonchev–Trinajstić information content (AvgIpc) is 2.66. The van der Waals surface area contributed by atoms with E-state index in [2.05, 4.69) is 22.8 Å². The minimum Gasteiger partial charge on any atom is -0.493 e. The van der Waals surface area contributed by atoms with E-state index in [1.54, 1.807) is 6.21 Å². The van der Waals surface area contributed by atoms with Crippen molar-refractivity contribution in [2.75, 3.05) is 11.9 Å². The van der Waals surface area contributed by atoms with E-state index in [0.717, 1.165) is 17.7 Å². The first-order valence-corrected chi connectivity index (χ1v) is 9.16. The second-order valence-electron chi connectivity index (χ2n) is 5.99. The van der Waals surface area contributed by atoms with Crippen LogP contribution in [-0.2, 0) is 0 Å². The molecule has 0 heterocycles. The monoisotopic (exact) mass is 353 g/mol. The first kappa shape index (κ1) is 19.5. The predicted molar refractivity (Wildman–Crippen MR) is 107 cm³/mol. The smallest absolute Gasteiger partial charge is 0.339 e. The molecule has 2 aromatic carbocycles. The van der Waals surface area contributed by atoms with Gasteiger partial charge >= 0.3 is 6.03 Å². The summed E-state index contributed by atoms with van der Waals surface area (Å²) in [6.45, 7) is 2.90. The highest BCUT2D eigenvalue weighted by Gasteiger charge is 2.02. The van der Waals surface area contributed by atoms with E-state index in [1.807, 2.05) is 54.6 Å². The van der Waals surface area contributed by atoms with Gasteiger partial charge in [0.1, 0.15) is 5.75 Å². The highest BCUT2D eigenvalue weighted by atomic mass is 16.5. The van der Waals surface area contributed by atoms with Gasteiger partial charge in [0.25, 0.3) is 0 Å². The van der Waals surface area contributed by atoms with Gasteiger partial charge in [0.05, 0.1) is 12.8 Å². The molecule has 0 aromatic heterocycles. The molecule has 5 nitrogen and oxygen atoms in total. The summed E-state index contributed by atoms with van der Waals surface area (Å²) in [6, 6.07) is 16.5. The number of amides is 2. The summed E-state index contributed by atoms with van der Waals surface area (Å²) in [6.07, 6.45) is 7.60. The number of unbranched alkanes of at least 4 members (excludes halogenated alkanes) is 4. The van der Waals surface area contributed by atoms with Gasteiger partial charge in [-0.15, -0.1) is 0 Å². The fraction of sp³-hybridized carbons (Fsp3) is 0.333. The molecule has 0 bridgehead atoms. The largest absolute Gasteiger partial charge is 0.493 e. The minimum atomic E-state index is -0.387. The van der Waals surface area contributed by atoms with Gasteiger partial charge in [-0.25, -0.2) is 10.2 Å². The molecule has 0 spiro atoms. The van der Waals surface area contributed by atoms with Crippen molar-refractivity contribution in [3.8, 4) is 5.75 Å². The number of nitrogens with one attached hydrogen (secondary N) is 2. The Morgan fingerprint density at radius 1 is 1.00 bits per heavy atom. The Kier molecular flexibility index (Phi) is 8.77. The summed E-state index contributed by atoms with van der Waals surface area (Å²) in [5.41, 5.74) is 4.01. The third-order valence-corrected chi connectivity index (χ3v) is 3.83. The van der Waals surface area contributed by atoms with Crippen molar-refractivity contribution < 1.29 is 9.53 Å². The van der Waals surface area contributed by atoms with Crippen LogP contribution in [0, 0.1) is 0 Å². The van der Waals surface area contributed by atoms with Gasteiger partial charge in [-0.3, -0.25) is 0 Å².